The molecule has 23 heavy (non-hydrogen) atoms. The lowest BCUT2D eigenvalue weighted by atomic mass is 10.1. The standard InChI is InChI=1S/C12H14O4.C5H12.H4P2/c1-9(13)10-3-5-11(6-4-10)12(14)16-8-7-15-2;1-4-5(2)3;1-2/h3-6H,7-8H2,1-2H3;5H,4H2,1-3H3;1-2H2. The summed E-state index contributed by atoms with van der Waals surface area (Å²) in [6.45, 7) is 8.72. The number of hydrogen-bond donors (Lipinski definition) is 0. The molecule has 0 aliphatic heterocycles. The van der Waals surface area contributed by atoms with E-state index >= 15 is 0 Å². The van der Waals surface area contributed by atoms with Gasteiger partial charge in [0.15, 0.2) is 5.78 Å². The number of benzene rings is 1. The number of ether oxygens (including phenoxy) is 2. The molecule has 0 fully saturated rings. The zero-order valence-corrected chi connectivity index (χ0v) is 17.1. The van der Waals surface area contributed by atoms with Crippen LogP contribution >= 0.6 is 17.9 Å². The number of ketones is 1. The number of rotatable bonds is 6. The van der Waals surface area contributed by atoms with E-state index in [1.165, 1.54) is 20.5 Å². The lowest BCUT2D eigenvalue weighted by molar-refractivity contribution is 0.0388. The highest BCUT2D eigenvalue weighted by atomic mass is 32.0. The zero-order chi connectivity index (χ0) is 18.3. The molecule has 6 heteroatoms. The highest BCUT2D eigenvalue weighted by molar-refractivity contribution is 7.92. The topological polar surface area (TPSA) is 52.6 Å². The third kappa shape index (κ3) is 13.3. The van der Waals surface area contributed by atoms with Crippen LogP contribution in [0, 0.1) is 5.92 Å². The minimum absolute atomic E-state index is 0.0284. The maximum Gasteiger partial charge on any atom is 0.338 e. The van der Waals surface area contributed by atoms with Gasteiger partial charge in [-0.3, -0.25) is 4.79 Å². The summed E-state index contributed by atoms with van der Waals surface area (Å²) in [5, 5.41) is 0. The molecule has 0 aliphatic carbocycles. The van der Waals surface area contributed by atoms with E-state index in [1.54, 1.807) is 24.3 Å². The highest BCUT2D eigenvalue weighted by Gasteiger charge is 2.07. The Balaban J connectivity index is 0. The Kier molecular flexibility index (Phi) is 17.1. The van der Waals surface area contributed by atoms with Crippen LogP contribution in [0.15, 0.2) is 24.3 Å². The molecule has 0 saturated heterocycles. The zero-order valence-electron chi connectivity index (χ0n) is 14.8. The van der Waals surface area contributed by atoms with Gasteiger partial charge in [0.05, 0.1) is 12.2 Å². The van der Waals surface area contributed by atoms with Gasteiger partial charge in [-0.2, -0.15) is 0 Å². The van der Waals surface area contributed by atoms with E-state index in [-0.39, 0.29) is 12.4 Å². The molecule has 1 rings (SSSR count). The highest BCUT2D eigenvalue weighted by Crippen LogP contribution is 2.06. The summed E-state index contributed by atoms with van der Waals surface area (Å²) in [5.41, 5.74) is 1.01. The lowest BCUT2D eigenvalue weighted by Crippen LogP contribution is -2.10. The van der Waals surface area contributed by atoms with Crippen molar-refractivity contribution in [3.63, 3.8) is 0 Å². The van der Waals surface area contributed by atoms with E-state index in [1.807, 2.05) is 0 Å². The first-order chi connectivity index (χ1) is 10.9. The Bertz CT molecular complexity index is 431. The van der Waals surface area contributed by atoms with Gasteiger partial charge in [0.1, 0.15) is 6.61 Å². The number of hydrogen-bond acceptors (Lipinski definition) is 4. The van der Waals surface area contributed by atoms with Gasteiger partial charge in [0.25, 0.3) is 0 Å². The van der Waals surface area contributed by atoms with Crippen LogP contribution in [0.1, 0.15) is 54.8 Å². The molecular formula is C17H30O4P2. The van der Waals surface area contributed by atoms with Crippen LogP contribution in [0.5, 0.6) is 0 Å². The van der Waals surface area contributed by atoms with E-state index < -0.39 is 5.97 Å². The predicted molar refractivity (Wildman–Crippen MR) is 103 cm³/mol. The molecule has 0 aromatic heterocycles. The van der Waals surface area contributed by atoms with E-state index in [0.29, 0.717) is 17.7 Å². The first-order valence-corrected chi connectivity index (χ1v) is 10.2. The van der Waals surface area contributed by atoms with Crippen LogP contribution in [0.25, 0.3) is 0 Å². The van der Waals surface area contributed by atoms with Gasteiger partial charge in [-0.25, -0.2) is 4.79 Å². The van der Waals surface area contributed by atoms with E-state index in [9.17, 15) is 9.59 Å². The van der Waals surface area contributed by atoms with E-state index in [2.05, 4.69) is 38.6 Å². The SMILES string of the molecule is CCC(C)C.COCCOC(=O)c1ccc(C(C)=O)cc1.PP. The van der Waals surface area contributed by atoms with Crippen molar-refractivity contribution in [2.75, 3.05) is 20.3 Å². The summed E-state index contributed by atoms with van der Waals surface area (Å²) in [5.74, 6) is 0.446. The molecule has 0 spiro atoms. The Hall–Kier alpha value is -0.820. The van der Waals surface area contributed by atoms with Crippen LogP contribution in [-0.4, -0.2) is 32.1 Å². The van der Waals surface area contributed by atoms with E-state index in [0.717, 1.165) is 5.92 Å². The third-order valence-corrected chi connectivity index (χ3v) is 2.86. The number of Topliss-reactive ketones (excluding diaryl/α,β-unsaturated/α-hetero) is 1. The summed E-state index contributed by atoms with van der Waals surface area (Å²) in [4.78, 5) is 22.4. The molecule has 2 atom stereocenters. The van der Waals surface area contributed by atoms with E-state index in [4.69, 9.17) is 9.47 Å². The molecule has 2 unspecified atom stereocenters. The Morgan fingerprint density at radius 3 is 1.83 bits per heavy atom. The summed E-state index contributed by atoms with van der Waals surface area (Å²) >= 11 is 0. The van der Waals surface area contributed by atoms with Crippen molar-refractivity contribution in [2.24, 2.45) is 5.92 Å². The molecule has 0 bridgehead atoms. The fraction of sp³-hybridized carbons (Fsp3) is 0.529. The first-order valence-electron chi connectivity index (χ1n) is 7.52. The molecule has 132 valence electrons. The molecule has 0 amide bonds. The van der Waals surface area contributed by atoms with Gasteiger partial charge in [0, 0.05) is 12.7 Å². The third-order valence-electron chi connectivity index (χ3n) is 2.86. The van der Waals surface area contributed by atoms with Crippen molar-refractivity contribution in [3.05, 3.63) is 35.4 Å². The number of carbonyl (C=O) groups excluding carboxylic acids is 2. The summed E-state index contributed by atoms with van der Waals surface area (Å²) < 4.78 is 9.68. The van der Waals surface area contributed by atoms with Gasteiger partial charge >= 0.3 is 5.97 Å². The van der Waals surface area contributed by atoms with Gasteiger partial charge in [-0.1, -0.05) is 39.3 Å². The monoisotopic (exact) mass is 360 g/mol. The predicted octanol–water partition coefficient (Wildman–Crippen LogP) is 4.40. The quantitative estimate of drug-likeness (QED) is 0.327. The average molecular weight is 360 g/mol. The molecule has 1 aromatic rings. The molecule has 0 radical (unpaired) electrons. The Labute approximate surface area is 145 Å². The van der Waals surface area contributed by atoms with Gasteiger partial charge < -0.3 is 9.47 Å². The minimum Gasteiger partial charge on any atom is -0.460 e. The fourth-order valence-corrected chi connectivity index (χ4v) is 1.14. The molecule has 1 aromatic carbocycles. The minimum atomic E-state index is -0.410. The molecule has 0 N–H and O–H groups in total. The summed E-state index contributed by atoms with van der Waals surface area (Å²) in [6.07, 6.45) is 1.31. The second-order valence-electron chi connectivity index (χ2n) is 5.06. The second-order valence-corrected chi connectivity index (χ2v) is 5.06. The largest absolute Gasteiger partial charge is 0.460 e. The van der Waals surface area contributed by atoms with Crippen molar-refractivity contribution in [1.29, 1.82) is 0 Å². The lowest BCUT2D eigenvalue weighted by Gasteiger charge is -2.04. The molecule has 0 heterocycles. The van der Waals surface area contributed by atoms with Crippen LogP contribution < -0.4 is 0 Å². The average Bonchev–Trinajstić information content (AvgIpc) is 2.57. The summed E-state index contributed by atoms with van der Waals surface area (Å²) in [6, 6.07) is 6.36. The Morgan fingerprint density at radius 1 is 1.04 bits per heavy atom. The Morgan fingerprint density at radius 2 is 1.48 bits per heavy atom. The normalized spacial score (nSPS) is 9.22. The molecular weight excluding hydrogens is 330 g/mol. The van der Waals surface area contributed by atoms with Crippen molar-refractivity contribution in [3.8, 4) is 0 Å². The second kappa shape index (κ2) is 16.1. The van der Waals surface area contributed by atoms with Gasteiger partial charge in [0.2, 0.25) is 0 Å². The van der Waals surface area contributed by atoms with Crippen LogP contribution in [-0.2, 0) is 9.47 Å². The maximum absolute atomic E-state index is 11.4. The van der Waals surface area contributed by atoms with Crippen LogP contribution in [0.2, 0.25) is 0 Å². The summed E-state index contributed by atoms with van der Waals surface area (Å²) in [7, 11) is 6.20. The molecule has 4 nitrogen and oxygen atoms in total. The number of esters is 1. The maximum atomic E-state index is 11.4. The van der Waals surface area contributed by atoms with Crippen LogP contribution in [0.4, 0.5) is 0 Å². The molecule has 0 aliphatic rings. The van der Waals surface area contributed by atoms with Crippen molar-refractivity contribution >= 4 is 29.6 Å². The van der Waals surface area contributed by atoms with Crippen molar-refractivity contribution in [2.45, 2.75) is 34.1 Å². The van der Waals surface area contributed by atoms with Gasteiger partial charge in [-0.15, -0.1) is 17.9 Å². The number of methoxy groups -OCH3 is 1. The van der Waals surface area contributed by atoms with Crippen molar-refractivity contribution in [1.82, 2.24) is 0 Å². The van der Waals surface area contributed by atoms with Crippen molar-refractivity contribution < 1.29 is 19.1 Å². The van der Waals surface area contributed by atoms with Gasteiger partial charge in [-0.05, 0) is 25.0 Å². The first kappa shape index (κ1) is 24.4. The fourth-order valence-electron chi connectivity index (χ4n) is 1.14. The van der Waals surface area contributed by atoms with Crippen LogP contribution in [0.3, 0.4) is 0 Å². The number of carbonyl (C=O) groups is 2. The molecule has 0 saturated carbocycles. The smallest absolute Gasteiger partial charge is 0.338 e.